The quantitative estimate of drug-likeness (QED) is 0.722. The molecule has 152 valence electrons. The first-order valence-corrected chi connectivity index (χ1v) is 10.2. The first kappa shape index (κ1) is 19.4. The second-order valence-corrected chi connectivity index (χ2v) is 8.13. The van der Waals surface area contributed by atoms with E-state index in [0.29, 0.717) is 0 Å². The maximum Gasteiger partial charge on any atom is 0.267 e. The summed E-state index contributed by atoms with van der Waals surface area (Å²) in [6.07, 6.45) is 3.93. The highest BCUT2D eigenvalue weighted by molar-refractivity contribution is 5.78. The number of nitrogens with zero attached hydrogens (tertiary/aromatic N) is 4. The molecule has 2 aromatic heterocycles. The molecule has 1 atom stereocenters. The molecule has 0 saturated carbocycles. The number of amides is 1. The number of imidazole rings is 1. The summed E-state index contributed by atoms with van der Waals surface area (Å²) in [4.78, 5) is 29.9. The molecule has 3 aromatic rings. The van der Waals surface area contributed by atoms with Gasteiger partial charge < -0.3 is 9.88 Å². The largest absolute Gasteiger partial charge is 0.344 e. The number of para-hydroxylation sites is 2. The van der Waals surface area contributed by atoms with Crippen molar-refractivity contribution < 1.29 is 4.79 Å². The zero-order valence-electron chi connectivity index (χ0n) is 17.2. The third kappa shape index (κ3) is 3.81. The summed E-state index contributed by atoms with van der Waals surface area (Å²) in [5.41, 5.74) is 3.68. The molecule has 0 spiro atoms. The van der Waals surface area contributed by atoms with E-state index in [1.54, 1.807) is 6.07 Å². The SMILES string of the molecule is CC(C)C(NC(=O)Cn1nc2c(cc1=O)CCCC2)c1nc2ccccc2n1C. The fraction of sp³-hybridized carbons (Fsp3) is 0.455. The molecular formula is C22H27N5O2. The van der Waals surface area contributed by atoms with E-state index in [1.807, 2.05) is 49.7 Å². The molecule has 0 saturated heterocycles. The van der Waals surface area contributed by atoms with Crippen molar-refractivity contribution in [2.75, 3.05) is 0 Å². The van der Waals surface area contributed by atoms with Crippen molar-refractivity contribution in [1.29, 1.82) is 0 Å². The highest BCUT2D eigenvalue weighted by Crippen LogP contribution is 2.24. The molecule has 1 N–H and O–H groups in total. The van der Waals surface area contributed by atoms with Gasteiger partial charge in [0.2, 0.25) is 5.91 Å². The van der Waals surface area contributed by atoms with Crippen LogP contribution in [0.1, 0.15) is 49.8 Å². The van der Waals surface area contributed by atoms with Gasteiger partial charge in [0.25, 0.3) is 5.56 Å². The number of carbonyl (C=O) groups excluding carboxylic acids is 1. The minimum absolute atomic E-state index is 0.0841. The van der Waals surface area contributed by atoms with Crippen LogP contribution in [0.4, 0.5) is 0 Å². The number of aromatic nitrogens is 4. The Bertz CT molecular complexity index is 1110. The molecule has 1 aliphatic rings. The van der Waals surface area contributed by atoms with E-state index in [-0.39, 0.29) is 30.0 Å². The Labute approximate surface area is 169 Å². The first-order chi connectivity index (χ1) is 13.9. The van der Waals surface area contributed by atoms with Crippen molar-refractivity contribution >= 4 is 16.9 Å². The van der Waals surface area contributed by atoms with Gasteiger partial charge >= 0.3 is 0 Å². The number of aryl methyl sites for hydroxylation is 3. The fourth-order valence-corrected chi connectivity index (χ4v) is 4.04. The second kappa shape index (κ2) is 7.81. The van der Waals surface area contributed by atoms with Crippen molar-refractivity contribution in [2.45, 2.75) is 52.1 Å². The van der Waals surface area contributed by atoms with Crippen molar-refractivity contribution in [3.63, 3.8) is 0 Å². The van der Waals surface area contributed by atoms with Gasteiger partial charge in [-0.1, -0.05) is 26.0 Å². The molecule has 1 amide bonds. The minimum Gasteiger partial charge on any atom is -0.344 e. The van der Waals surface area contributed by atoms with E-state index in [1.165, 1.54) is 4.68 Å². The molecule has 0 aliphatic heterocycles. The maximum absolute atomic E-state index is 12.8. The van der Waals surface area contributed by atoms with Crippen LogP contribution in [0.2, 0.25) is 0 Å². The van der Waals surface area contributed by atoms with Crippen molar-refractivity contribution in [1.82, 2.24) is 24.6 Å². The Kier molecular flexibility index (Phi) is 5.22. The number of hydrogen-bond donors (Lipinski definition) is 1. The monoisotopic (exact) mass is 393 g/mol. The van der Waals surface area contributed by atoms with Crippen LogP contribution in [0.5, 0.6) is 0 Å². The number of carbonyl (C=O) groups is 1. The smallest absolute Gasteiger partial charge is 0.267 e. The summed E-state index contributed by atoms with van der Waals surface area (Å²) >= 11 is 0. The van der Waals surface area contributed by atoms with Gasteiger partial charge in [0.15, 0.2) is 0 Å². The summed E-state index contributed by atoms with van der Waals surface area (Å²) in [7, 11) is 1.96. The molecular weight excluding hydrogens is 366 g/mol. The zero-order valence-corrected chi connectivity index (χ0v) is 17.2. The number of benzene rings is 1. The Morgan fingerprint density at radius 2 is 1.97 bits per heavy atom. The van der Waals surface area contributed by atoms with Crippen LogP contribution in [0.25, 0.3) is 11.0 Å². The Morgan fingerprint density at radius 3 is 2.72 bits per heavy atom. The summed E-state index contributed by atoms with van der Waals surface area (Å²) in [5.74, 6) is 0.712. The van der Waals surface area contributed by atoms with E-state index < -0.39 is 0 Å². The molecule has 1 aliphatic carbocycles. The lowest BCUT2D eigenvalue weighted by atomic mass is 9.97. The van der Waals surface area contributed by atoms with Crippen LogP contribution in [0, 0.1) is 5.92 Å². The van der Waals surface area contributed by atoms with Crippen LogP contribution in [0.3, 0.4) is 0 Å². The van der Waals surface area contributed by atoms with Crippen LogP contribution in [-0.4, -0.2) is 25.2 Å². The van der Waals surface area contributed by atoms with E-state index in [0.717, 1.165) is 53.8 Å². The lowest BCUT2D eigenvalue weighted by Crippen LogP contribution is -2.38. The summed E-state index contributed by atoms with van der Waals surface area (Å²) in [5, 5.41) is 7.52. The van der Waals surface area contributed by atoms with Gasteiger partial charge in [-0.25, -0.2) is 9.67 Å². The molecule has 7 heteroatoms. The predicted molar refractivity (Wildman–Crippen MR) is 112 cm³/mol. The van der Waals surface area contributed by atoms with Gasteiger partial charge in [0.05, 0.1) is 22.8 Å². The topological polar surface area (TPSA) is 81.8 Å². The first-order valence-electron chi connectivity index (χ1n) is 10.2. The molecule has 0 bridgehead atoms. The van der Waals surface area contributed by atoms with Crippen LogP contribution in [-0.2, 0) is 31.2 Å². The van der Waals surface area contributed by atoms with Crippen LogP contribution < -0.4 is 10.9 Å². The lowest BCUT2D eigenvalue weighted by molar-refractivity contribution is -0.123. The Morgan fingerprint density at radius 1 is 1.21 bits per heavy atom. The average molecular weight is 393 g/mol. The van der Waals surface area contributed by atoms with Gasteiger partial charge in [0, 0.05) is 13.1 Å². The normalized spacial score (nSPS) is 14.8. The fourth-order valence-electron chi connectivity index (χ4n) is 4.04. The lowest BCUT2D eigenvalue weighted by Gasteiger charge is -2.22. The van der Waals surface area contributed by atoms with Gasteiger partial charge in [-0.3, -0.25) is 9.59 Å². The number of nitrogens with one attached hydrogen (secondary N) is 1. The van der Waals surface area contributed by atoms with E-state index in [4.69, 9.17) is 4.98 Å². The van der Waals surface area contributed by atoms with E-state index >= 15 is 0 Å². The van der Waals surface area contributed by atoms with Gasteiger partial charge in [-0.2, -0.15) is 5.10 Å². The van der Waals surface area contributed by atoms with Crippen molar-refractivity contribution in [3.8, 4) is 0 Å². The summed E-state index contributed by atoms with van der Waals surface area (Å²) in [6, 6.07) is 9.30. The Hall–Kier alpha value is -2.96. The molecule has 0 fully saturated rings. The second-order valence-electron chi connectivity index (χ2n) is 8.13. The molecule has 1 aromatic carbocycles. The van der Waals surface area contributed by atoms with Gasteiger partial charge in [-0.15, -0.1) is 0 Å². The molecule has 2 heterocycles. The molecule has 29 heavy (non-hydrogen) atoms. The number of hydrogen-bond acceptors (Lipinski definition) is 4. The third-order valence-corrected chi connectivity index (χ3v) is 5.65. The highest BCUT2D eigenvalue weighted by Gasteiger charge is 2.24. The highest BCUT2D eigenvalue weighted by atomic mass is 16.2. The van der Waals surface area contributed by atoms with Crippen LogP contribution in [0.15, 0.2) is 35.1 Å². The number of fused-ring (bicyclic) bond motifs is 2. The summed E-state index contributed by atoms with van der Waals surface area (Å²) in [6.45, 7) is 4.01. The van der Waals surface area contributed by atoms with E-state index in [2.05, 4.69) is 10.4 Å². The molecule has 7 nitrogen and oxygen atoms in total. The predicted octanol–water partition coefficient (Wildman–Crippen LogP) is 2.52. The molecule has 4 rings (SSSR count). The third-order valence-electron chi connectivity index (χ3n) is 5.65. The van der Waals surface area contributed by atoms with E-state index in [9.17, 15) is 9.59 Å². The number of rotatable bonds is 5. The summed E-state index contributed by atoms with van der Waals surface area (Å²) < 4.78 is 3.30. The van der Waals surface area contributed by atoms with Gasteiger partial charge in [-0.05, 0) is 49.3 Å². The maximum atomic E-state index is 12.8. The molecule has 0 radical (unpaired) electrons. The standard InChI is InChI=1S/C22H27N5O2/c1-14(2)21(22-23-17-10-6-7-11-18(17)26(22)3)24-19(28)13-27-20(29)12-15-8-4-5-9-16(15)25-27/h6-7,10-12,14,21H,4-5,8-9,13H2,1-3H3,(H,24,28). The van der Waals surface area contributed by atoms with Crippen molar-refractivity contribution in [3.05, 3.63) is 57.8 Å². The molecule has 1 unspecified atom stereocenters. The average Bonchev–Trinajstić information content (AvgIpc) is 3.03. The zero-order chi connectivity index (χ0) is 20.5. The minimum atomic E-state index is -0.256. The van der Waals surface area contributed by atoms with Crippen LogP contribution >= 0.6 is 0 Å². The van der Waals surface area contributed by atoms with Gasteiger partial charge in [0.1, 0.15) is 12.4 Å². The van der Waals surface area contributed by atoms with Crippen molar-refractivity contribution in [2.24, 2.45) is 13.0 Å². The Balaban J connectivity index is 1.57.